The molecule has 0 saturated heterocycles. The molecular formula is C18H17N3O2. The number of hydrogen-bond acceptors (Lipinski definition) is 3. The quantitative estimate of drug-likeness (QED) is 0.575. The molecule has 3 rings (SSSR count). The zero-order chi connectivity index (χ0) is 16.2. The van der Waals surface area contributed by atoms with Crippen molar-refractivity contribution < 1.29 is 10.0 Å². The molecule has 1 heterocycles. The molecule has 5 heteroatoms. The molecule has 0 aliphatic heterocycles. The fraction of sp³-hybridized carbons (Fsp3) is 0.111. The first-order valence-electron chi connectivity index (χ1n) is 7.30. The van der Waals surface area contributed by atoms with Gasteiger partial charge in [0.1, 0.15) is 0 Å². The van der Waals surface area contributed by atoms with Crippen LogP contribution in [-0.4, -0.2) is 20.9 Å². The predicted octanol–water partition coefficient (Wildman–Crippen LogP) is 2.80. The minimum atomic E-state index is -0.465. The van der Waals surface area contributed by atoms with Gasteiger partial charge in [-0.15, -0.1) is 0 Å². The molecule has 0 unspecified atom stereocenters. The van der Waals surface area contributed by atoms with Crippen LogP contribution in [0.2, 0.25) is 0 Å². The van der Waals surface area contributed by atoms with Gasteiger partial charge in [-0.3, -0.25) is 14.7 Å². The van der Waals surface area contributed by atoms with Gasteiger partial charge in [-0.05, 0) is 0 Å². The lowest BCUT2D eigenvalue weighted by Crippen LogP contribution is -2.21. The molecule has 0 spiro atoms. The third kappa shape index (κ3) is 3.00. The number of benzene rings is 2. The summed E-state index contributed by atoms with van der Waals surface area (Å²) in [6.07, 6.45) is 0.0544. The minimum Gasteiger partial charge on any atom is -0.289 e. The van der Waals surface area contributed by atoms with Gasteiger partial charge in [0, 0.05) is 23.7 Å². The number of hydrogen-bond donors (Lipinski definition) is 2. The predicted molar refractivity (Wildman–Crippen MR) is 87.7 cm³/mol. The van der Waals surface area contributed by atoms with Crippen molar-refractivity contribution in [3.05, 3.63) is 66.2 Å². The first-order chi connectivity index (χ1) is 11.2. The molecule has 0 atom stereocenters. The normalized spacial score (nSPS) is 10.5. The van der Waals surface area contributed by atoms with Gasteiger partial charge < -0.3 is 0 Å². The second kappa shape index (κ2) is 6.46. The van der Waals surface area contributed by atoms with Crippen molar-refractivity contribution in [2.45, 2.75) is 6.42 Å². The Morgan fingerprint density at radius 2 is 1.61 bits per heavy atom. The first-order valence-corrected chi connectivity index (χ1v) is 7.30. The molecule has 116 valence electrons. The van der Waals surface area contributed by atoms with Crippen molar-refractivity contribution >= 4 is 5.91 Å². The van der Waals surface area contributed by atoms with Gasteiger partial charge in [-0.25, -0.2) is 5.48 Å². The molecule has 0 aliphatic rings. The second-order valence-corrected chi connectivity index (χ2v) is 5.24. The summed E-state index contributed by atoms with van der Waals surface area (Å²) in [5, 5.41) is 13.5. The number of nitrogens with one attached hydrogen (secondary N) is 1. The molecule has 0 aliphatic carbocycles. The number of hydroxylamine groups is 1. The first kappa shape index (κ1) is 15.0. The van der Waals surface area contributed by atoms with E-state index in [1.54, 1.807) is 10.2 Å². The Hall–Kier alpha value is -2.92. The topological polar surface area (TPSA) is 67.2 Å². The Morgan fingerprint density at radius 3 is 2.17 bits per heavy atom. The number of nitrogens with zero attached hydrogens (tertiary/aromatic N) is 2. The smallest absolute Gasteiger partial charge is 0.247 e. The average Bonchev–Trinajstić information content (AvgIpc) is 2.92. The molecule has 23 heavy (non-hydrogen) atoms. The molecular weight excluding hydrogens is 290 g/mol. The monoisotopic (exact) mass is 307 g/mol. The van der Waals surface area contributed by atoms with Crippen molar-refractivity contribution in [3.63, 3.8) is 0 Å². The molecule has 1 amide bonds. The van der Waals surface area contributed by atoms with Crippen molar-refractivity contribution in [1.29, 1.82) is 0 Å². The standard InChI is InChI=1S/C18H17N3O2/c1-21-18(14-10-6-3-7-11-14)15(12-16(22)20-23)17(19-21)13-8-4-2-5-9-13/h2-11,23H,12H2,1H3,(H,20,22). The highest BCUT2D eigenvalue weighted by Gasteiger charge is 2.20. The van der Waals surface area contributed by atoms with Gasteiger partial charge >= 0.3 is 0 Å². The van der Waals surface area contributed by atoms with Crippen molar-refractivity contribution in [2.75, 3.05) is 0 Å². The van der Waals surface area contributed by atoms with Crippen LogP contribution in [0.1, 0.15) is 5.56 Å². The van der Waals surface area contributed by atoms with Crippen LogP contribution in [0, 0.1) is 0 Å². The zero-order valence-electron chi connectivity index (χ0n) is 12.7. The van der Waals surface area contributed by atoms with E-state index in [1.807, 2.05) is 67.7 Å². The summed E-state index contributed by atoms with van der Waals surface area (Å²) in [5.41, 5.74) is 6.02. The number of amides is 1. The fourth-order valence-electron chi connectivity index (χ4n) is 2.72. The fourth-order valence-corrected chi connectivity index (χ4v) is 2.72. The SMILES string of the molecule is Cn1nc(-c2ccccc2)c(CC(=O)NO)c1-c1ccccc1. The minimum absolute atomic E-state index is 0.0544. The van der Waals surface area contributed by atoms with Gasteiger partial charge in [0.2, 0.25) is 5.91 Å². The van der Waals surface area contributed by atoms with Crippen LogP contribution in [-0.2, 0) is 18.3 Å². The summed E-state index contributed by atoms with van der Waals surface area (Å²) in [5.74, 6) is -0.465. The third-order valence-electron chi connectivity index (χ3n) is 3.70. The molecule has 3 aromatic rings. The van der Waals surface area contributed by atoms with E-state index in [9.17, 15) is 4.79 Å². The third-order valence-corrected chi connectivity index (χ3v) is 3.70. The summed E-state index contributed by atoms with van der Waals surface area (Å²) in [4.78, 5) is 11.8. The van der Waals surface area contributed by atoms with Crippen LogP contribution < -0.4 is 5.48 Å². The van der Waals surface area contributed by atoms with E-state index >= 15 is 0 Å². The van der Waals surface area contributed by atoms with E-state index in [-0.39, 0.29) is 6.42 Å². The van der Waals surface area contributed by atoms with Crippen LogP contribution in [0.25, 0.3) is 22.5 Å². The lowest BCUT2D eigenvalue weighted by atomic mass is 9.99. The maximum Gasteiger partial charge on any atom is 0.247 e. The molecule has 0 saturated carbocycles. The number of carbonyl (C=O) groups is 1. The Morgan fingerprint density at radius 1 is 1.04 bits per heavy atom. The number of aromatic nitrogens is 2. The van der Waals surface area contributed by atoms with E-state index in [0.717, 1.165) is 28.1 Å². The van der Waals surface area contributed by atoms with Crippen molar-refractivity contribution in [3.8, 4) is 22.5 Å². The number of aryl methyl sites for hydroxylation is 1. The maximum atomic E-state index is 11.8. The van der Waals surface area contributed by atoms with E-state index < -0.39 is 5.91 Å². The van der Waals surface area contributed by atoms with Gasteiger partial charge in [-0.2, -0.15) is 5.10 Å². The summed E-state index contributed by atoms with van der Waals surface area (Å²) in [7, 11) is 1.86. The van der Waals surface area contributed by atoms with E-state index in [1.165, 1.54) is 0 Å². The molecule has 5 nitrogen and oxygen atoms in total. The Balaban J connectivity index is 2.19. The highest BCUT2D eigenvalue weighted by Crippen LogP contribution is 2.32. The van der Waals surface area contributed by atoms with Gasteiger partial charge in [0.25, 0.3) is 0 Å². The highest BCUT2D eigenvalue weighted by molar-refractivity contribution is 5.84. The Labute approximate surface area is 134 Å². The largest absolute Gasteiger partial charge is 0.289 e. The molecule has 2 N–H and O–H groups in total. The van der Waals surface area contributed by atoms with Crippen LogP contribution in [0.4, 0.5) is 0 Å². The molecule has 2 aromatic carbocycles. The van der Waals surface area contributed by atoms with Gasteiger partial charge in [0.05, 0.1) is 17.8 Å². The summed E-state index contributed by atoms with van der Waals surface area (Å²) < 4.78 is 1.78. The van der Waals surface area contributed by atoms with Crippen LogP contribution in [0.5, 0.6) is 0 Å². The van der Waals surface area contributed by atoms with Crippen LogP contribution in [0.15, 0.2) is 60.7 Å². The lowest BCUT2D eigenvalue weighted by Gasteiger charge is -2.07. The second-order valence-electron chi connectivity index (χ2n) is 5.24. The zero-order valence-corrected chi connectivity index (χ0v) is 12.7. The summed E-state index contributed by atoms with van der Waals surface area (Å²) in [6, 6.07) is 19.5. The van der Waals surface area contributed by atoms with Crippen molar-refractivity contribution in [2.24, 2.45) is 7.05 Å². The van der Waals surface area contributed by atoms with Crippen LogP contribution >= 0.6 is 0 Å². The van der Waals surface area contributed by atoms with Crippen molar-refractivity contribution in [1.82, 2.24) is 15.3 Å². The highest BCUT2D eigenvalue weighted by atomic mass is 16.5. The summed E-state index contributed by atoms with van der Waals surface area (Å²) in [6.45, 7) is 0. The number of carbonyl (C=O) groups excluding carboxylic acids is 1. The molecule has 0 fully saturated rings. The van der Waals surface area contributed by atoms with E-state index in [4.69, 9.17) is 5.21 Å². The summed E-state index contributed by atoms with van der Waals surface area (Å²) >= 11 is 0. The Kier molecular flexibility index (Phi) is 4.21. The van der Waals surface area contributed by atoms with Crippen LogP contribution in [0.3, 0.4) is 0 Å². The maximum absolute atomic E-state index is 11.8. The van der Waals surface area contributed by atoms with Gasteiger partial charge in [0.15, 0.2) is 0 Å². The Bertz CT molecular complexity index is 811. The average molecular weight is 307 g/mol. The number of rotatable bonds is 4. The lowest BCUT2D eigenvalue weighted by molar-refractivity contribution is -0.128. The molecule has 1 aromatic heterocycles. The molecule has 0 bridgehead atoms. The van der Waals surface area contributed by atoms with Gasteiger partial charge in [-0.1, -0.05) is 60.7 Å². The van der Waals surface area contributed by atoms with E-state index in [0.29, 0.717) is 0 Å². The molecule has 0 radical (unpaired) electrons. The van der Waals surface area contributed by atoms with E-state index in [2.05, 4.69) is 5.10 Å².